The molecule has 2 aromatic rings. The van der Waals surface area contributed by atoms with Gasteiger partial charge in [0.2, 0.25) is 0 Å². The fourth-order valence-electron chi connectivity index (χ4n) is 4.69. The Kier molecular flexibility index (Phi) is 5.58. The minimum Gasteiger partial charge on any atom is -0.497 e. The molecule has 3 heteroatoms. The normalized spacial score (nSPS) is 19.1. The number of hydrogen-bond acceptors (Lipinski definition) is 1. The quantitative estimate of drug-likeness (QED) is 0.528. The molecule has 3 rings (SSSR count). The summed E-state index contributed by atoms with van der Waals surface area (Å²) in [6.07, 6.45) is 4.00. The van der Waals surface area contributed by atoms with E-state index in [1.165, 1.54) is 6.07 Å². The highest BCUT2D eigenvalue weighted by Gasteiger charge is 2.38. The van der Waals surface area contributed by atoms with Crippen molar-refractivity contribution in [3.05, 3.63) is 53.1 Å². The highest BCUT2D eigenvalue weighted by Crippen LogP contribution is 2.52. The van der Waals surface area contributed by atoms with E-state index in [0.717, 1.165) is 36.8 Å². The Bertz CT molecular complexity index is 862. The van der Waals surface area contributed by atoms with Crippen LogP contribution in [0.25, 0.3) is 11.1 Å². The molecule has 1 atom stereocenters. The summed E-state index contributed by atoms with van der Waals surface area (Å²) in [5.41, 5.74) is 2.73. The fourth-order valence-corrected chi connectivity index (χ4v) is 4.69. The third kappa shape index (κ3) is 4.24. The molecule has 1 saturated carbocycles. The lowest BCUT2D eigenvalue weighted by Gasteiger charge is -2.30. The molecule has 0 amide bonds. The van der Waals surface area contributed by atoms with Gasteiger partial charge in [0.1, 0.15) is 17.4 Å². The molecule has 0 aromatic heterocycles. The van der Waals surface area contributed by atoms with E-state index in [4.69, 9.17) is 4.74 Å². The molecule has 0 bridgehead atoms. The van der Waals surface area contributed by atoms with Crippen molar-refractivity contribution >= 4 is 0 Å². The summed E-state index contributed by atoms with van der Waals surface area (Å²) in [5.74, 6) is -0.0133. The number of benzene rings is 2. The molecule has 0 aliphatic heterocycles. The number of halogens is 2. The monoisotopic (exact) mass is 386 g/mol. The van der Waals surface area contributed by atoms with Crippen molar-refractivity contribution in [2.24, 2.45) is 10.8 Å². The molecule has 0 radical (unpaired) electrons. The zero-order valence-corrected chi connectivity index (χ0v) is 18.0. The van der Waals surface area contributed by atoms with Gasteiger partial charge in [0, 0.05) is 11.1 Å². The summed E-state index contributed by atoms with van der Waals surface area (Å²) < 4.78 is 35.5. The summed E-state index contributed by atoms with van der Waals surface area (Å²) in [5, 5.41) is 0. The average Bonchev–Trinajstić information content (AvgIpc) is 2.93. The van der Waals surface area contributed by atoms with E-state index in [1.54, 1.807) is 25.3 Å². The lowest BCUT2D eigenvalue weighted by Crippen LogP contribution is -2.18. The Balaban J connectivity index is 2.24. The van der Waals surface area contributed by atoms with Gasteiger partial charge >= 0.3 is 0 Å². The summed E-state index contributed by atoms with van der Waals surface area (Å²) >= 11 is 0. The van der Waals surface area contributed by atoms with Gasteiger partial charge in [-0.05, 0) is 71.4 Å². The molecule has 0 heterocycles. The van der Waals surface area contributed by atoms with Gasteiger partial charge in [-0.3, -0.25) is 0 Å². The van der Waals surface area contributed by atoms with Crippen LogP contribution in [0.5, 0.6) is 5.75 Å². The summed E-state index contributed by atoms with van der Waals surface area (Å²) in [4.78, 5) is 0. The second-order valence-corrected chi connectivity index (χ2v) is 10.1. The van der Waals surface area contributed by atoms with Crippen molar-refractivity contribution in [2.45, 2.75) is 66.2 Å². The maximum atomic E-state index is 15.5. The molecule has 0 unspecified atom stereocenters. The van der Waals surface area contributed by atoms with Crippen LogP contribution in [0, 0.1) is 22.5 Å². The van der Waals surface area contributed by atoms with Crippen LogP contribution in [0.1, 0.15) is 70.9 Å². The van der Waals surface area contributed by atoms with Gasteiger partial charge in [-0.2, -0.15) is 0 Å². The zero-order valence-electron chi connectivity index (χ0n) is 18.0. The number of methoxy groups -OCH3 is 1. The largest absolute Gasteiger partial charge is 0.497 e. The molecule has 0 saturated heterocycles. The maximum absolute atomic E-state index is 15.5. The molecule has 1 aliphatic carbocycles. The Morgan fingerprint density at radius 3 is 2.36 bits per heavy atom. The maximum Gasteiger partial charge on any atom is 0.131 e. The van der Waals surface area contributed by atoms with Gasteiger partial charge in [-0.15, -0.1) is 0 Å². The molecule has 0 spiro atoms. The zero-order chi connectivity index (χ0) is 20.7. The minimum atomic E-state index is -0.416. The molecule has 1 fully saturated rings. The second-order valence-electron chi connectivity index (χ2n) is 10.1. The average molecular weight is 387 g/mol. The van der Waals surface area contributed by atoms with Crippen molar-refractivity contribution in [1.82, 2.24) is 0 Å². The van der Waals surface area contributed by atoms with Gasteiger partial charge in [0.15, 0.2) is 0 Å². The molecule has 0 N–H and O–H groups in total. The fraction of sp³-hybridized carbons (Fsp3) is 0.520. The Morgan fingerprint density at radius 1 is 1.07 bits per heavy atom. The standard InChI is InChI=1S/C25H32F2O/c1-24(2,3)15-16-12-18(20-8-7-11-25(20,4)5)23(22(27)13-16)19-14-17(28-6)9-10-21(19)26/h9-10,12-14,20H,7-8,11,15H2,1-6H3/t20-/m0/s1. The molecular formula is C25H32F2O. The van der Waals surface area contributed by atoms with E-state index in [0.29, 0.717) is 11.3 Å². The van der Waals surface area contributed by atoms with Crippen LogP contribution >= 0.6 is 0 Å². The van der Waals surface area contributed by atoms with Crippen LogP contribution < -0.4 is 4.74 Å². The van der Waals surface area contributed by atoms with Gasteiger partial charge in [-0.1, -0.05) is 47.1 Å². The van der Waals surface area contributed by atoms with Gasteiger partial charge in [-0.25, -0.2) is 8.78 Å². The van der Waals surface area contributed by atoms with Gasteiger partial charge in [0.05, 0.1) is 7.11 Å². The van der Waals surface area contributed by atoms with E-state index in [1.807, 2.05) is 0 Å². The predicted molar refractivity (Wildman–Crippen MR) is 112 cm³/mol. The Morgan fingerprint density at radius 2 is 1.79 bits per heavy atom. The number of rotatable bonds is 4. The lowest BCUT2D eigenvalue weighted by atomic mass is 9.74. The van der Waals surface area contributed by atoms with Crippen LogP contribution in [-0.4, -0.2) is 7.11 Å². The third-order valence-corrected chi connectivity index (χ3v) is 5.99. The topological polar surface area (TPSA) is 9.23 Å². The molecule has 1 nitrogen and oxygen atoms in total. The molecule has 1 aliphatic rings. The van der Waals surface area contributed by atoms with Gasteiger partial charge in [0.25, 0.3) is 0 Å². The van der Waals surface area contributed by atoms with E-state index in [2.05, 4.69) is 40.7 Å². The van der Waals surface area contributed by atoms with E-state index in [9.17, 15) is 4.39 Å². The van der Waals surface area contributed by atoms with Crippen LogP contribution in [0.2, 0.25) is 0 Å². The number of hydrogen-bond donors (Lipinski definition) is 0. The summed E-state index contributed by atoms with van der Waals surface area (Å²) in [7, 11) is 1.54. The van der Waals surface area contributed by atoms with Crippen LogP contribution in [0.3, 0.4) is 0 Å². The summed E-state index contributed by atoms with van der Waals surface area (Å²) in [6.45, 7) is 10.9. The molecule has 2 aromatic carbocycles. The molecule has 152 valence electrons. The first-order valence-electron chi connectivity index (χ1n) is 10.2. The highest BCUT2D eigenvalue weighted by molar-refractivity contribution is 5.71. The van der Waals surface area contributed by atoms with Crippen molar-refractivity contribution in [2.75, 3.05) is 7.11 Å². The smallest absolute Gasteiger partial charge is 0.131 e. The van der Waals surface area contributed by atoms with Crippen molar-refractivity contribution in [3.63, 3.8) is 0 Å². The summed E-state index contributed by atoms with van der Waals surface area (Å²) in [6, 6.07) is 8.26. The predicted octanol–water partition coefficient (Wildman–Crippen LogP) is 7.52. The first kappa shape index (κ1) is 20.8. The van der Waals surface area contributed by atoms with Gasteiger partial charge < -0.3 is 4.74 Å². The van der Waals surface area contributed by atoms with E-state index < -0.39 is 5.82 Å². The van der Waals surface area contributed by atoms with Crippen molar-refractivity contribution < 1.29 is 13.5 Å². The second kappa shape index (κ2) is 7.50. The molecule has 28 heavy (non-hydrogen) atoms. The minimum absolute atomic E-state index is 0.0532. The third-order valence-electron chi connectivity index (χ3n) is 5.99. The van der Waals surface area contributed by atoms with Crippen LogP contribution in [0.4, 0.5) is 8.78 Å². The highest BCUT2D eigenvalue weighted by atomic mass is 19.1. The molecular weight excluding hydrogens is 354 g/mol. The SMILES string of the molecule is COc1ccc(F)c(-c2c(F)cc(CC(C)(C)C)cc2[C@@H]2CCCC2(C)C)c1. The van der Waals surface area contributed by atoms with Crippen LogP contribution in [-0.2, 0) is 6.42 Å². The number of ether oxygens (including phenoxy) is 1. The Labute approximate surface area is 168 Å². The Hall–Kier alpha value is -1.90. The van der Waals surface area contributed by atoms with Crippen LogP contribution in [0.15, 0.2) is 30.3 Å². The first-order valence-corrected chi connectivity index (χ1v) is 10.2. The first-order chi connectivity index (χ1) is 13.0. The van der Waals surface area contributed by atoms with Crippen molar-refractivity contribution in [3.8, 4) is 16.9 Å². The van der Waals surface area contributed by atoms with E-state index >= 15 is 4.39 Å². The van der Waals surface area contributed by atoms with E-state index in [-0.39, 0.29) is 28.1 Å². The van der Waals surface area contributed by atoms with Crippen molar-refractivity contribution in [1.29, 1.82) is 0 Å². The lowest BCUT2D eigenvalue weighted by molar-refractivity contribution is 0.331.